The van der Waals surface area contributed by atoms with Gasteiger partial charge in [-0.2, -0.15) is 0 Å². The molecule has 25 heavy (non-hydrogen) atoms. The molecule has 6 nitrogen and oxygen atoms in total. The van der Waals surface area contributed by atoms with Crippen molar-refractivity contribution in [3.63, 3.8) is 0 Å². The Bertz CT molecular complexity index is 746. The number of pyridine rings is 1. The lowest BCUT2D eigenvalue weighted by atomic mass is 10.2. The predicted molar refractivity (Wildman–Crippen MR) is 91.1 cm³/mol. The number of benzene rings is 1. The third kappa shape index (κ3) is 4.39. The van der Waals surface area contributed by atoms with E-state index < -0.39 is 17.6 Å². The highest BCUT2D eigenvalue weighted by atomic mass is 19.1. The van der Waals surface area contributed by atoms with E-state index in [1.807, 2.05) is 18.2 Å². The van der Waals surface area contributed by atoms with Crippen molar-refractivity contribution < 1.29 is 14.0 Å². The molecule has 0 aliphatic carbocycles. The standard InChI is InChI=1S/C18H19FN4O2/c19-15-6-1-2-7-16(15)21-17(24)18(25)23-11-9-22(10-12-23)13-14-5-3-4-8-20-14/h1-8H,9-13H2,(H,21,24). The Morgan fingerprint density at radius 2 is 1.76 bits per heavy atom. The first-order valence-electron chi connectivity index (χ1n) is 8.10. The van der Waals surface area contributed by atoms with Gasteiger partial charge in [0.15, 0.2) is 0 Å². The zero-order valence-electron chi connectivity index (χ0n) is 13.7. The minimum Gasteiger partial charge on any atom is -0.332 e. The Morgan fingerprint density at radius 1 is 1.04 bits per heavy atom. The van der Waals surface area contributed by atoms with Gasteiger partial charge in [-0.05, 0) is 24.3 Å². The molecule has 2 amide bonds. The summed E-state index contributed by atoms with van der Waals surface area (Å²) in [7, 11) is 0. The molecule has 0 spiro atoms. The fourth-order valence-corrected chi connectivity index (χ4v) is 2.71. The number of hydrogen-bond donors (Lipinski definition) is 1. The number of para-hydroxylation sites is 1. The maximum absolute atomic E-state index is 13.6. The van der Waals surface area contributed by atoms with E-state index in [1.54, 1.807) is 12.3 Å². The van der Waals surface area contributed by atoms with Gasteiger partial charge in [-0.3, -0.25) is 19.5 Å². The summed E-state index contributed by atoms with van der Waals surface area (Å²) in [5, 5.41) is 2.33. The molecule has 1 saturated heterocycles. The molecule has 0 saturated carbocycles. The van der Waals surface area contributed by atoms with Crippen molar-refractivity contribution in [2.75, 3.05) is 31.5 Å². The number of nitrogens with one attached hydrogen (secondary N) is 1. The predicted octanol–water partition coefficient (Wildman–Crippen LogP) is 1.50. The molecule has 130 valence electrons. The van der Waals surface area contributed by atoms with Crippen LogP contribution in [-0.4, -0.2) is 52.8 Å². The van der Waals surface area contributed by atoms with Crippen LogP contribution in [-0.2, 0) is 16.1 Å². The summed E-state index contributed by atoms with van der Waals surface area (Å²) in [5.41, 5.74) is 0.981. The highest BCUT2D eigenvalue weighted by Gasteiger charge is 2.26. The molecular weight excluding hydrogens is 323 g/mol. The van der Waals surface area contributed by atoms with Crippen molar-refractivity contribution in [1.29, 1.82) is 0 Å². The number of anilines is 1. The quantitative estimate of drug-likeness (QED) is 0.859. The average molecular weight is 342 g/mol. The summed E-state index contributed by atoms with van der Waals surface area (Å²) in [4.78, 5) is 32.2. The number of amides is 2. The molecular formula is C18H19FN4O2. The first-order valence-corrected chi connectivity index (χ1v) is 8.10. The number of nitrogens with zero attached hydrogens (tertiary/aromatic N) is 3. The average Bonchev–Trinajstić information content (AvgIpc) is 2.64. The number of rotatable bonds is 3. The third-order valence-corrected chi connectivity index (χ3v) is 4.09. The van der Waals surface area contributed by atoms with Crippen molar-refractivity contribution in [3.8, 4) is 0 Å². The van der Waals surface area contributed by atoms with E-state index in [9.17, 15) is 14.0 Å². The van der Waals surface area contributed by atoms with Gasteiger partial charge in [0.05, 0.1) is 11.4 Å². The molecule has 1 N–H and O–H groups in total. The molecule has 3 rings (SSSR count). The van der Waals surface area contributed by atoms with Crippen LogP contribution < -0.4 is 5.32 Å². The molecule has 1 aromatic heterocycles. The lowest BCUT2D eigenvalue weighted by Gasteiger charge is -2.34. The third-order valence-electron chi connectivity index (χ3n) is 4.09. The molecule has 0 atom stereocenters. The topological polar surface area (TPSA) is 65.5 Å². The molecule has 7 heteroatoms. The Morgan fingerprint density at radius 3 is 2.44 bits per heavy atom. The fraction of sp³-hybridized carbons (Fsp3) is 0.278. The van der Waals surface area contributed by atoms with Crippen LogP contribution in [0.5, 0.6) is 0 Å². The minimum atomic E-state index is -0.816. The normalized spacial score (nSPS) is 15.0. The van der Waals surface area contributed by atoms with Crippen molar-refractivity contribution in [2.45, 2.75) is 6.54 Å². The van der Waals surface area contributed by atoms with Crippen LogP contribution in [0.3, 0.4) is 0 Å². The lowest BCUT2D eigenvalue weighted by Crippen LogP contribution is -2.51. The van der Waals surface area contributed by atoms with E-state index in [4.69, 9.17) is 0 Å². The van der Waals surface area contributed by atoms with Crippen LogP contribution in [0.15, 0.2) is 48.7 Å². The molecule has 1 aliphatic heterocycles. The van der Waals surface area contributed by atoms with Gasteiger partial charge in [-0.25, -0.2) is 4.39 Å². The number of piperazine rings is 1. The molecule has 1 aromatic carbocycles. The summed E-state index contributed by atoms with van der Waals surface area (Å²) in [5.74, 6) is -2.02. The van der Waals surface area contributed by atoms with Gasteiger partial charge in [-0.15, -0.1) is 0 Å². The summed E-state index contributed by atoms with van der Waals surface area (Å²) in [6.45, 7) is 2.95. The number of hydrogen-bond acceptors (Lipinski definition) is 4. The molecule has 0 bridgehead atoms. The molecule has 0 unspecified atom stereocenters. The Labute approximate surface area is 145 Å². The van der Waals surface area contributed by atoms with Crippen molar-refractivity contribution in [1.82, 2.24) is 14.8 Å². The van der Waals surface area contributed by atoms with Gasteiger partial charge in [-0.1, -0.05) is 18.2 Å². The van der Waals surface area contributed by atoms with E-state index in [0.29, 0.717) is 32.7 Å². The largest absolute Gasteiger partial charge is 0.332 e. The zero-order valence-corrected chi connectivity index (χ0v) is 13.7. The van der Waals surface area contributed by atoms with Crippen LogP contribution >= 0.6 is 0 Å². The number of carbonyl (C=O) groups is 2. The fourth-order valence-electron chi connectivity index (χ4n) is 2.71. The van der Waals surface area contributed by atoms with Gasteiger partial charge in [0.2, 0.25) is 0 Å². The first kappa shape index (κ1) is 17.0. The van der Waals surface area contributed by atoms with Crippen molar-refractivity contribution >= 4 is 17.5 Å². The van der Waals surface area contributed by atoms with Gasteiger partial charge in [0.25, 0.3) is 0 Å². The SMILES string of the molecule is O=C(Nc1ccccc1F)C(=O)N1CCN(Cc2ccccn2)CC1. The second kappa shape index (κ2) is 7.85. The molecule has 0 radical (unpaired) electrons. The van der Waals surface area contributed by atoms with Crippen LogP contribution in [0, 0.1) is 5.82 Å². The number of aromatic nitrogens is 1. The van der Waals surface area contributed by atoms with Crippen LogP contribution in [0.2, 0.25) is 0 Å². The summed E-state index contributed by atoms with van der Waals surface area (Å²) < 4.78 is 13.6. The smallest absolute Gasteiger partial charge is 0.313 e. The lowest BCUT2D eigenvalue weighted by molar-refractivity contribution is -0.144. The van der Waals surface area contributed by atoms with Gasteiger partial charge in [0, 0.05) is 38.9 Å². The monoisotopic (exact) mass is 342 g/mol. The maximum Gasteiger partial charge on any atom is 0.313 e. The van der Waals surface area contributed by atoms with E-state index in [1.165, 1.54) is 23.1 Å². The Balaban J connectivity index is 1.51. The van der Waals surface area contributed by atoms with E-state index in [0.717, 1.165) is 5.69 Å². The number of halogens is 1. The van der Waals surface area contributed by atoms with Crippen LogP contribution in [0.25, 0.3) is 0 Å². The van der Waals surface area contributed by atoms with E-state index >= 15 is 0 Å². The van der Waals surface area contributed by atoms with Gasteiger partial charge < -0.3 is 10.2 Å². The molecule has 1 fully saturated rings. The minimum absolute atomic E-state index is 0.00892. The van der Waals surface area contributed by atoms with Crippen LogP contribution in [0.1, 0.15) is 5.69 Å². The maximum atomic E-state index is 13.6. The first-order chi connectivity index (χ1) is 12.1. The Kier molecular flexibility index (Phi) is 5.35. The molecule has 1 aliphatic rings. The van der Waals surface area contributed by atoms with E-state index in [-0.39, 0.29) is 5.69 Å². The number of carbonyl (C=O) groups excluding carboxylic acids is 2. The van der Waals surface area contributed by atoms with Crippen molar-refractivity contribution in [3.05, 3.63) is 60.2 Å². The second-order valence-corrected chi connectivity index (χ2v) is 5.82. The summed E-state index contributed by atoms with van der Waals surface area (Å²) in [6, 6.07) is 11.5. The molecule has 2 aromatic rings. The van der Waals surface area contributed by atoms with Crippen molar-refractivity contribution in [2.24, 2.45) is 0 Å². The summed E-state index contributed by atoms with van der Waals surface area (Å²) in [6.07, 6.45) is 1.75. The summed E-state index contributed by atoms with van der Waals surface area (Å²) >= 11 is 0. The van der Waals surface area contributed by atoms with Gasteiger partial charge in [0.1, 0.15) is 5.82 Å². The molecule has 2 heterocycles. The highest BCUT2D eigenvalue weighted by molar-refractivity contribution is 6.39. The second-order valence-electron chi connectivity index (χ2n) is 5.82. The highest BCUT2D eigenvalue weighted by Crippen LogP contribution is 2.13. The zero-order chi connectivity index (χ0) is 17.6. The van der Waals surface area contributed by atoms with E-state index in [2.05, 4.69) is 15.2 Å². The van der Waals surface area contributed by atoms with Crippen LogP contribution in [0.4, 0.5) is 10.1 Å². The Hall–Kier alpha value is -2.80. The van der Waals surface area contributed by atoms with Gasteiger partial charge >= 0.3 is 11.8 Å².